The molecule has 0 aromatic carbocycles. The van der Waals surface area contributed by atoms with Crippen LogP contribution in [0.2, 0.25) is 0 Å². The molecule has 4 heteroatoms. The van der Waals surface area contributed by atoms with Crippen molar-refractivity contribution in [1.29, 1.82) is 0 Å². The average molecular weight is 267 g/mol. The van der Waals surface area contributed by atoms with Gasteiger partial charge in [-0.05, 0) is 51.2 Å². The zero-order valence-corrected chi connectivity index (χ0v) is 12.5. The van der Waals surface area contributed by atoms with E-state index in [9.17, 15) is 4.79 Å². The summed E-state index contributed by atoms with van der Waals surface area (Å²) in [6.45, 7) is 5.35. The lowest BCUT2D eigenvalue weighted by Gasteiger charge is -2.38. The van der Waals surface area contributed by atoms with Crippen molar-refractivity contribution in [1.82, 2.24) is 10.2 Å². The molecule has 0 aromatic heterocycles. The minimum absolute atomic E-state index is 0.143. The smallest absolute Gasteiger partial charge is 0.221 e. The van der Waals surface area contributed by atoms with Gasteiger partial charge < -0.3 is 16.0 Å². The number of amides is 1. The number of carbonyl (C=O) groups excluding carboxylic acids is 1. The Hall–Kier alpha value is -0.610. The third-order valence-electron chi connectivity index (χ3n) is 5.02. The minimum atomic E-state index is -0.224. The van der Waals surface area contributed by atoms with E-state index in [0.29, 0.717) is 6.42 Å². The molecule has 1 aliphatic heterocycles. The quantitative estimate of drug-likeness (QED) is 0.811. The van der Waals surface area contributed by atoms with Gasteiger partial charge in [0.1, 0.15) is 0 Å². The zero-order chi connectivity index (χ0) is 13.9. The predicted molar refractivity (Wildman–Crippen MR) is 77.9 cm³/mol. The summed E-state index contributed by atoms with van der Waals surface area (Å²) in [5, 5.41) is 3.12. The maximum Gasteiger partial charge on any atom is 0.221 e. The molecule has 0 atom stereocenters. The Kier molecular flexibility index (Phi) is 4.51. The average Bonchev–Trinajstić information content (AvgIpc) is 2.78. The Balaban J connectivity index is 1.74. The van der Waals surface area contributed by atoms with Crippen LogP contribution in [0.4, 0.5) is 0 Å². The molecule has 0 spiro atoms. The largest absolute Gasteiger partial charge is 0.355 e. The molecule has 19 heavy (non-hydrogen) atoms. The highest BCUT2D eigenvalue weighted by Gasteiger charge is 2.33. The topological polar surface area (TPSA) is 58.4 Å². The summed E-state index contributed by atoms with van der Waals surface area (Å²) in [4.78, 5) is 14.4. The Morgan fingerprint density at radius 1 is 1.21 bits per heavy atom. The first-order chi connectivity index (χ1) is 8.91. The van der Waals surface area contributed by atoms with Crippen LogP contribution in [-0.2, 0) is 4.79 Å². The fourth-order valence-electron chi connectivity index (χ4n) is 3.29. The Bertz CT molecular complexity index is 315. The maximum atomic E-state index is 12.1. The molecule has 4 nitrogen and oxygen atoms in total. The van der Waals surface area contributed by atoms with E-state index >= 15 is 0 Å². The van der Waals surface area contributed by atoms with Gasteiger partial charge in [-0.15, -0.1) is 0 Å². The third-order valence-corrected chi connectivity index (χ3v) is 5.02. The molecule has 2 aliphatic rings. The fourth-order valence-corrected chi connectivity index (χ4v) is 3.29. The number of nitrogens with two attached hydrogens (primary N) is 1. The molecule has 1 saturated heterocycles. The number of piperidine rings is 1. The molecule has 1 aliphatic carbocycles. The summed E-state index contributed by atoms with van der Waals surface area (Å²) in [5.41, 5.74) is 6.29. The zero-order valence-electron chi connectivity index (χ0n) is 12.5. The van der Waals surface area contributed by atoms with Crippen LogP contribution in [0, 0.1) is 5.41 Å². The number of carbonyl (C=O) groups is 1. The number of nitrogens with one attached hydrogen (secondary N) is 1. The van der Waals surface area contributed by atoms with Crippen LogP contribution >= 0.6 is 0 Å². The van der Waals surface area contributed by atoms with E-state index in [0.717, 1.165) is 45.3 Å². The van der Waals surface area contributed by atoms with Gasteiger partial charge in [0.25, 0.3) is 0 Å². The second-order valence-electron chi connectivity index (χ2n) is 7.14. The summed E-state index contributed by atoms with van der Waals surface area (Å²) < 4.78 is 0. The number of hydrogen-bond donors (Lipinski definition) is 2. The molecule has 0 unspecified atom stereocenters. The monoisotopic (exact) mass is 267 g/mol. The minimum Gasteiger partial charge on any atom is -0.355 e. The van der Waals surface area contributed by atoms with Gasteiger partial charge in [-0.25, -0.2) is 0 Å². The summed E-state index contributed by atoms with van der Waals surface area (Å²) in [6.07, 6.45) is 7.19. The molecular weight excluding hydrogens is 238 g/mol. The molecule has 0 bridgehead atoms. The molecule has 1 saturated carbocycles. The SMILES string of the molecule is CN1CCC(C)(CNC(=O)CC2(N)CCCC2)CC1. The molecular formula is C15H29N3O. The molecule has 1 heterocycles. The number of hydrogen-bond acceptors (Lipinski definition) is 3. The van der Waals surface area contributed by atoms with E-state index in [1.165, 1.54) is 12.8 Å². The lowest BCUT2D eigenvalue weighted by atomic mass is 9.80. The second-order valence-corrected chi connectivity index (χ2v) is 7.14. The van der Waals surface area contributed by atoms with Crippen molar-refractivity contribution in [2.45, 2.75) is 57.4 Å². The van der Waals surface area contributed by atoms with Crippen LogP contribution in [0.15, 0.2) is 0 Å². The lowest BCUT2D eigenvalue weighted by Crippen LogP contribution is -2.46. The van der Waals surface area contributed by atoms with E-state index in [1.54, 1.807) is 0 Å². The summed E-state index contributed by atoms with van der Waals surface area (Å²) in [5.74, 6) is 0.143. The van der Waals surface area contributed by atoms with E-state index in [4.69, 9.17) is 5.73 Å². The van der Waals surface area contributed by atoms with Crippen molar-refractivity contribution in [3.05, 3.63) is 0 Å². The summed E-state index contributed by atoms with van der Waals surface area (Å²) >= 11 is 0. The Morgan fingerprint density at radius 2 is 1.79 bits per heavy atom. The molecule has 1 amide bonds. The summed E-state index contributed by atoms with van der Waals surface area (Å²) in [6, 6.07) is 0. The highest BCUT2D eigenvalue weighted by Crippen LogP contribution is 2.31. The van der Waals surface area contributed by atoms with Gasteiger partial charge >= 0.3 is 0 Å². The standard InChI is InChI=1S/C15H29N3O/c1-14(7-9-18(2)10-8-14)12-17-13(19)11-15(16)5-3-4-6-15/h3-12,16H2,1-2H3,(H,17,19). The molecule has 2 fully saturated rings. The highest BCUT2D eigenvalue weighted by molar-refractivity contribution is 5.77. The molecule has 110 valence electrons. The Labute approximate surface area is 117 Å². The molecule has 2 rings (SSSR count). The maximum absolute atomic E-state index is 12.1. The van der Waals surface area contributed by atoms with Gasteiger partial charge in [-0.1, -0.05) is 19.8 Å². The number of rotatable bonds is 4. The van der Waals surface area contributed by atoms with Gasteiger partial charge in [0.15, 0.2) is 0 Å². The van der Waals surface area contributed by atoms with Crippen LogP contribution in [0.5, 0.6) is 0 Å². The van der Waals surface area contributed by atoms with Crippen LogP contribution in [0.3, 0.4) is 0 Å². The summed E-state index contributed by atoms with van der Waals surface area (Å²) in [7, 11) is 2.16. The van der Waals surface area contributed by atoms with Crippen molar-refractivity contribution in [3.63, 3.8) is 0 Å². The van der Waals surface area contributed by atoms with Crippen molar-refractivity contribution >= 4 is 5.91 Å². The lowest BCUT2D eigenvalue weighted by molar-refractivity contribution is -0.122. The van der Waals surface area contributed by atoms with Crippen LogP contribution in [-0.4, -0.2) is 43.0 Å². The van der Waals surface area contributed by atoms with Crippen LogP contribution in [0.25, 0.3) is 0 Å². The van der Waals surface area contributed by atoms with Crippen LogP contribution < -0.4 is 11.1 Å². The van der Waals surface area contributed by atoms with Gasteiger partial charge in [0, 0.05) is 18.5 Å². The first-order valence-electron chi connectivity index (χ1n) is 7.65. The van der Waals surface area contributed by atoms with E-state index in [-0.39, 0.29) is 16.9 Å². The van der Waals surface area contributed by atoms with Gasteiger partial charge in [0.05, 0.1) is 0 Å². The second kappa shape index (κ2) is 5.80. The van der Waals surface area contributed by atoms with Gasteiger partial charge in [-0.3, -0.25) is 4.79 Å². The first-order valence-corrected chi connectivity index (χ1v) is 7.65. The molecule has 0 radical (unpaired) electrons. The normalized spacial score (nSPS) is 26.3. The fraction of sp³-hybridized carbons (Fsp3) is 0.933. The van der Waals surface area contributed by atoms with Crippen LogP contribution in [0.1, 0.15) is 51.9 Å². The molecule has 0 aromatic rings. The number of nitrogens with zero attached hydrogens (tertiary/aromatic N) is 1. The Morgan fingerprint density at radius 3 is 2.37 bits per heavy atom. The van der Waals surface area contributed by atoms with Crippen molar-refractivity contribution in [3.8, 4) is 0 Å². The van der Waals surface area contributed by atoms with E-state index < -0.39 is 0 Å². The van der Waals surface area contributed by atoms with Gasteiger partial charge in [-0.2, -0.15) is 0 Å². The van der Waals surface area contributed by atoms with Crippen molar-refractivity contribution in [2.75, 3.05) is 26.7 Å². The first kappa shape index (κ1) is 14.8. The highest BCUT2D eigenvalue weighted by atomic mass is 16.1. The molecule has 3 N–H and O–H groups in total. The van der Waals surface area contributed by atoms with E-state index in [1.807, 2.05) is 0 Å². The van der Waals surface area contributed by atoms with Gasteiger partial charge in [0.2, 0.25) is 5.91 Å². The van der Waals surface area contributed by atoms with Crippen molar-refractivity contribution < 1.29 is 4.79 Å². The van der Waals surface area contributed by atoms with Crippen molar-refractivity contribution in [2.24, 2.45) is 11.1 Å². The number of likely N-dealkylation sites (tertiary alicyclic amines) is 1. The van der Waals surface area contributed by atoms with E-state index in [2.05, 4.69) is 24.2 Å². The third kappa shape index (κ3) is 4.18. The predicted octanol–water partition coefficient (Wildman–Crippen LogP) is 1.50.